The second kappa shape index (κ2) is 10.2. The maximum atomic E-state index is 6.27. The number of morpholine rings is 1. The zero-order chi connectivity index (χ0) is 21.6. The van der Waals surface area contributed by atoms with Gasteiger partial charge in [-0.15, -0.1) is 0 Å². The lowest BCUT2D eigenvalue weighted by Crippen LogP contribution is -2.40. The molecule has 0 aliphatic carbocycles. The molecule has 1 aliphatic heterocycles. The van der Waals surface area contributed by atoms with Gasteiger partial charge in [-0.1, -0.05) is 54.6 Å². The quantitative estimate of drug-likeness (QED) is 0.406. The molecule has 32 heavy (non-hydrogen) atoms. The molecule has 0 unspecified atom stereocenters. The predicted molar refractivity (Wildman–Crippen MR) is 131 cm³/mol. The molecule has 166 valence electrons. The minimum Gasteiger partial charge on any atom is -0.492 e. The number of nitrogens with zero attached hydrogens (tertiary/aromatic N) is 2. The van der Waals surface area contributed by atoms with E-state index in [1.54, 1.807) is 0 Å². The van der Waals surface area contributed by atoms with Crippen molar-refractivity contribution in [1.82, 2.24) is 14.8 Å². The van der Waals surface area contributed by atoms with Crippen molar-refractivity contribution in [1.29, 1.82) is 0 Å². The number of hydrogen-bond acceptors (Lipinski definition) is 4. The monoisotopic (exact) mass is 429 g/mol. The van der Waals surface area contributed by atoms with Crippen molar-refractivity contribution in [3.05, 3.63) is 78.4 Å². The fraction of sp³-hybridized carbons (Fsp3) is 0.333. The molecule has 4 aromatic rings. The summed E-state index contributed by atoms with van der Waals surface area (Å²) in [7, 11) is 0. The van der Waals surface area contributed by atoms with E-state index in [1.807, 2.05) is 0 Å². The molecule has 5 heteroatoms. The average Bonchev–Trinajstić information content (AvgIpc) is 3.17. The van der Waals surface area contributed by atoms with Crippen LogP contribution in [0, 0.1) is 0 Å². The topological polar surface area (TPSA) is 38.7 Å². The van der Waals surface area contributed by atoms with E-state index in [9.17, 15) is 0 Å². The number of ether oxygens (including phenoxy) is 2. The smallest absolute Gasteiger partial charge is 0.129 e. The number of nitrogens with one attached hydrogen (secondary N) is 1. The van der Waals surface area contributed by atoms with Crippen LogP contribution in [0.4, 0.5) is 0 Å². The van der Waals surface area contributed by atoms with Crippen LogP contribution in [-0.4, -0.2) is 62.0 Å². The van der Waals surface area contributed by atoms with E-state index in [4.69, 9.17) is 9.47 Å². The number of fused-ring (bicyclic) bond motifs is 3. The normalized spacial score (nSPS) is 14.9. The lowest BCUT2D eigenvalue weighted by Gasteiger charge is -2.26. The Morgan fingerprint density at radius 3 is 2.47 bits per heavy atom. The van der Waals surface area contributed by atoms with Crippen molar-refractivity contribution in [2.45, 2.75) is 6.54 Å². The maximum absolute atomic E-state index is 6.27. The number of hydrogen-bond donors (Lipinski definition) is 1. The van der Waals surface area contributed by atoms with Gasteiger partial charge in [0.05, 0.1) is 18.7 Å². The molecule has 0 spiro atoms. The van der Waals surface area contributed by atoms with Crippen molar-refractivity contribution in [3.63, 3.8) is 0 Å². The Kier molecular flexibility index (Phi) is 6.68. The summed E-state index contributed by atoms with van der Waals surface area (Å²) in [6.07, 6.45) is 0. The molecule has 0 amide bonds. The molecule has 1 N–H and O–H groups in total. The fourth-order valence-electron chi connectivity index (χ4n) is 4.54. The van der Waals surface area contributed by atoms with Crippen LogP contribution >= 0.6 is 0 Å². The van der Waals surface area contributed by atoms with Gasteiger partial charge in [0.15, 0.2) is 0 Å². The average molecular weight is 430 g/mol. The van der Waals surface area contributed by atoms with E-state index >= 15 is 0 Å². The SMILES string of the molecule is c1ccc(Cn2c3ccccc3c3c(OCCNCCN4CCOCC4)cccc32)cc1. The zero-order valence-electron chi connectivity index (χ0n) is 18.5. The second-order valence-corrected chi connectivity index (χ2v) is 8.29. The minimum atomic E-state index is 0.653. The molecule has 0 radical (unpaired) electrons. The summed E-state index contributed by atoms with van der Waals surface area (Å²) in [4.78, 5) is 2.44. The van der Waals surface area contributed by atoms with Crippen molar-refractivity contribution in [2.75, 3.05) is 52.5 Å². The van der Waals surface area contributed by atoms with Crippen molar-refractivity contribution in [3.8, 4) is 5.75 Å². The van der Waals surface area contributed by atoms with Crippen LogP contribution in [-0.2, 0) is 11.3 Å². The van der Waals surface area contributed by atoms with Crippen LogP contribution in [0.5, 0.6) is 5.75 Å². The predicted octanol–water partition coefficient (Wildman–Crippen LogP) is 4.14. The summed E-state index contributed by atoms with van der Waals surface area (Å²) in [5.41, 5.74) is 3.75. The third-order valence-electron chi connectivity index (χ3n) is 6.19. The van der Waals surface area contributed by atoms with Gasteiger partial charge in [-0.3, -0.25) is 4.90 Å². The summed E-state index contributed by atoms with van der Waals surface area (Å²) in [6.45, 7) is 8.15. The molecule has 5 nitrogen and oxygen atoms in total. The number of benzene rings is 3. The van der Waals surface area contributed by atoms with E-state index < -0.39 is 0 Å². The van der Waals surface area contributed by atoms with Crippen LogP contribution in [0.1, 0.15) is 5.56 Å². The highest BCUT2D eigenvalue weighted by Crippen LogP contribution is 2.36. The van der Waals surface area contributed by atoms with Crippen LogP contribution in [0.25, 0.3) is 21.8 Å². The molecule has 0 bridgehead atoms. The number of rotatable bonds is 9. The van der Waals surface area contributed by atoms with E-state index in [2.05, 4.69) is 87.6 Å². The summed E-state index contributed by atoms with van der Waals surface area (Å²) in [5, 5.41) is 5.96. The Morgan fingerprint density at radius 2 is 1.59 bits per heavy atom. The van der Waals surface area contributed by atoms with E-state index in [0.29, 0.717) is 6.61 Å². The number of para-hydroxylation sites is 1. The molecular formula is C27H31N3O2. The van der Waals surface area contributed by atoms with Gasteiger partial charge in [-0.2, -0.15) is 0 Å². The van der Waals surface area contributed by atoms with E-state index in [-0.39, 0.29) is 0 Å². The molecule has 1 aliphatic rings. The van der Waals surface area contributed by atoms with Gasteiger partial charge in [0.1, 0.15) is 12.4 Å². The lowest BCUT2D eigenvalue weighted by atomic mass is 10.1. The lowest BCUT2D eigenvalue weighted by molar-refractivity contribution is 0.0384. The first-order valence-electron chi connectivity index (χ1n) is 11.6. The second-order valence-electron chi connectivity index (χ2n) is 8.29. The molecule has 1 aromatic heterocycles. The summed E-state index contributed by atoms with van der Waals surface area (Å²) < 4.78 is 14.1. The van der Waals surface area contributed by atoms with Crippen molar-refractivity contribution >= 4 is 21.8 Å². The van der Waals surface area contributed by atoms with E-state index in [0.717, 1.165) is 58.2 Å². The number of aromatic nitrogens is 1. The highest BCUT2D eigenvalue weighted by atomic mass is 16.5. The molecule has 5 rings (SSSR count). The van der Waals surface area contributed by atoms with Crippen LogP contribution < -0.4 is 10.1 Å². The first kappa shape index (κ1) is 21.0. The van der Waals surface area contributed by atoms with Gasteiger partial charge in [-0.05, 0) is 23.8 Å². The molecule has 1 saturated heterocycles. The molecule has 1 fully saturated rings. The van der Waals surface area contributed by atoms with Gasteiger partial charge in [-0.25, -0.2) is 0 Å². The van der Waals surface area contributed by atoms with Gasteiger partial charge in [0.2, 0.25) is 0 Å². The van der Waals surface area contributed by atoms with Gasteiger partial charge in [0, 0.05) is 55.6 Å². The molecule has 0 saturated carbocycles. The Balaban J connectivity index is 1.29. The summed E-state index contributed by atoms with van der Waals surface area (Å²) in [6, 6.07) is 25.7. The third-order valence-corrected chi connectivity index (χ3v) is 6.19. The van der Waals surface area contributed by atoms with Crippen LogP contribution in [0.3, 0.4) is 0 Å². The van der Waals surface area contributed by atoms with Crippen LogP contribution in [0.2, 0.25) is 0 Å². The molecule has 2 heterocycles. The largest absolute Gasteiger partial charge is 0.492 e. The van der Waals surface area contributed by atoms with Gasteiger partial charge in [0.25, 0.3) is 0 Å². The van der Waals surface area contributed by atoms with Crippen molar-refractivity contribution in [2.24, 2.45) is 0 Å². The molecule has 0 atom stereocenters. The standard InChI is InChI=1S/C27H31N3O2/c1-2-7-22(8-3-1)21-30-24-10-5-4-9-23(24)27-25(30)11-6-12-26(27)32-18-14-28-13-15-29-16-19-31-20-17-29/h1-12,28H,13-21H2. The highest BCUT2D eigenvalue weighted by molar-refractivity contribution is 6.11. The molecular weight excluding hydrogens is 398 g/mol. The summed E-state index contributed by atoms with van der Waals surface area (Å²) in [5.74, 6) is 0.959. The van der Waals surface area contributed by atoms with Crippen molar-refractivity contribution < 1.29 is 9.47 Å². The van der Waals surface area contributed by atoms with E-state index in [1.165, 1.54) is 27.4 Å². The fourth-order valence-corrected chi connectivity index (χ4v) is 4.54. The first-order chi connectivity index (χ1) is 15.9. The van der Waals surface area contributed by atoms with Gasteiger partial charge >= 0.3 is 0 Å². The first-order valence-corrected chi connectivity index (χ1v) is 11.6. The minimum absolute atomic E-state index is 0.653. The molecule has 3 aromatic carbocycles. The third kappa shape index (κ3) is 4.65. The summed E-state index contributed by atoms with van der Waals surface area (Å²) >= 11 is 0. The Hall–Kier alpha value is -2.86. The Labute approximate surface area is 189 Å². The highest BCUT2D eigenvalue weighted by Gasteiger charge is 2.14. The maximum Gasteiger partial charge on any atom is 0.129 e. The van der Waals surface area contributed by atoms with Gasteiger partial charge < -0.3 is 19.4 Å². The Morgan fingerprint density at radius 1 is 0.812 bits per heavy atom. The van der Waals surface area contributed by atoms with Crippen LogP contribution in [0.15, 0.2) is 72.8 Å². The zero-order valence-corrected chi connectivity index (χ0v) is 18.5. The Bertz CT molecular complexity index is 1150.